The molecule has 0 unspecified atom stereocenters. The maximum absolute atomic E-state index is 11.4. The second kappa shape index (κ2) is 5.94. The Morgan fingerprint density at radius 1 is 1.40 bits per heavy atom. The number of benzene rings is 1. The summed E-state index contributed by atoms with van der Waals surface area (Å²) >= 11 is 0. The van der Waals surface area contributed by atoms with Crippen molar-refractivity contribution in [1.29, 1.82) is 0 Å². The van der Waals surface area contributed by atoms with Crippen LogP contribution < -0.4 is 5.73 Å². The number of hydrogen-bond acceptors (Lipinski definition) is 3. The predicted molar refractivity (Wildman–Crippen MR) is 79.2 cm³/mol. The van der Waals surface area contributed by atoms with E-state index >= 15 is 0 Å². The third kappa shape index (κ3) is 2.86. The molecule has 4 nitrogen and oxygen atoms in total. The summed E-state index contributed by atoms with van der Waals surface area (Å²) in [7, 11) is 0. The highest BCUT2D eigenvalue weighted by Crippen LogP contribution is 2.35. The van der Waals surface area contributed by atoms with E-state index in [4.69, 9.17) is 5.73 Å². The van der Waals surface area contributed by atoms with Gasteiger partial charge in [0.1, 0.15) is 0 Å². The molecular weight excluding hydrogens is 252 g/mol. The Balaban J connectivity index is 2.10. The molecule has 1 heterocycles. The number of piperidine rings is 1. The minimum Gasteiger partial charge on any atom is -0.385 e. The Morgan fingerprint density at radius 2 is 2.00 bits per heavy atom. The van der Waals surface area contributed by atoms with Crippen molar-refractivity contribution in [2.75, 3.05) is 13.1 Å². The number of aryl methyl sites for hydroxylation is 1. The summed E-state index contributed by atoms with van der Waals surface area (Å²) in [6.07, 6.45) is 2.00. The number of aliphatic hydroxyl groups is 1. The van der Waals surface area contributed by atoms with Gasteiger partial charge in [-0.15, -0.1) is 0 Å². The van der Waals surface area contributed by atoms with Crippen LogP contribution in [-0.2, 0) is 10.4 Å². The quantitative estimate of drug-likeness (QED) is 0.876. The van der Waals surface area contributed by atoms with Crippen LogP contribution in [0.5, 0.6) is 0 Å². The van der Waals surface area contributed by atoms with Gasteiger partial charge in [0.15, 0.2) is 0 Å². The third-order valence-electron chi connectivity index (χ3n) is 4.43. The molecule has 1 amide bonds. The second-order valence-electron chi connectivity index (χ2n) is 5.71. The standard InChI is InChI=1S/C16H24N2O2/c1-3-14(15(17)19)18-10-8-16(20,9-11-18)13-7-5-4-6-12(13)2/h4-7,14,20H,3,8-11H2,1-2H3,(H2,17,19)/t14-/m1/s1. The summed E-state index contributed by atoms with van der Waals surface area (Å²) in [5.41, 5.74) is 6.78. The summed E-state index contributed by atoms with van der Waals surface area (Å²) in [5.74, 6) is -0.270. The van der Waals surface area contributed by atoms with Gasteiger partial charge in [0.25, 0.3) is 0 Å². The summed E-state index contributed by atoms with van der Waals surface area (Å²) in [6, 6.07) is 7.76. The summed E-state index contributed by atoms with van der Waals surface area (Å²) in [6.45, 7) is 5.40. The van der Waals surface area contributed by atoms with Crippen molar-refractivity contribution >= 4 is 5.91 Å². The number of hydrogen-bond donors (Lipinski definition) is 2. The van der Waals surface area contributed by atoms with E-state index in [0.29, 0.717) is 25.9 Å². The number of amides is 1. The molecule has 1 saturated heterocycles. The van der Waals surface area contributed by atoms with Gasteiger partial charge in [-0.05, 0) is 37.3 Å². The third-order valence-corrected chi connectivity index (χ3v) is 4.43. The van der Waals surface area contributed by atoms with E-state index in [1.54, 1.807) is 0 Å². The van der Waals surface area contributed by atoms with E-state index in [2.05, 4.69) is 4.90 Å². The molecule has 1 aliphatic rings. The lowest BCUT2D eigenvalue weighted by Gasteiger charge is -2.41. The fraction of sp³-hybridized carbons (Fsp3) is 0.562. The van der Waals surface area contributed by atoms with Crippen LogP contribution in [0.2, 0.25) is 0 Å². The normalized spacial score (nSPS) is 20.6. The van der Waals surface area contributed by atoms with Crippen molar-refractivity contribution in [1.82, 2.24) is 4.90 Å². The zero-order valence-electron chi connectivity index (χ0n) is 12.3. The molecule has 0 bridgehead atoms. The SMILES string of the molecule is CC[C@H](C(N)=O)N1CCC(O)(c2ccccc2C)CC1. The van der Waals surface area contributed by atoms with Crippen molar-refractivity contribution in [3.05, 3.63) is 35.4 Å². The number of primary amides is 1. The van der Waals surface area contributed by atoms with Crippen molar-refractivity contribution < 1.29 is 9.90 Å². The van der Waals surface area contributed by atoms with E-state index in [-0.39, 0.29) is 11.9 Å². The molecule has 20 heavy (non-hydrogen) atoms. The minimum absolute atomic E-state index is 0.212. The van der Waals surface area contributed by atoms with Crippen LogP contribution in [0.25, 0.3) is 0 Å². The number of likely N-dealkylation sites (tertiary alicyclic amines) is 1. The van der Waals surface area contributed by atoms with Crippen molar-refractivity contribution in [3.63, 3.8) is 0 Å². The molecule has 1 aromatic rings. The number of nitrogens with two attached hydrogens (primary N) is 1. The smallest absolute Gasteiger partial charge is 0.234 e. The first-order valence-electron chi connectivity index (χ1n) is 7.30. The average Bonchev–Trinajstić information content (AvgIpc) is 2.42. The van der Waals surface area contributed by atoms with Crippen LogP contribution in [0.4, 0.5) is 0 Å². The van der Waals surface area contributed by atoms with Gasteiger partial charge in [-0.3, -0.25) is 9.69 Å². The van der Waals surface area contributed by atoms with E-state index in [9.17, 15) is 9.90 Å². The van der Waals surface area contributed by atoms with Gasteiger partial charge in [0, 0.05) is 13.1 Å². The fourth-order valence-corrected chi connectivity index (χ4v) is 3.21. The van der Waals surface area contributed by atoms with Gasteiger partial charge in [0.05, 0.1) is 11.6 Å². The summed E-state index contributed by atoms with van der Waals surface area (Å²) < 4.78 is 0. The lowest BCUT2D eigenvalue weighted by atomic mass is 9.82. The van der Waals surface area contributed by atoms with Crippen molar-refractivity contribution in [2.45, 2.75) is 44.8 Å². The Hall–Kier alpha value is -1.39. The molecule has 1 fully saturated rings. The zero-order chi connectivity index (χ0) is 14.8. The first kappa shape index (κ1) is 15.0. The maximum atomic E-state index is 11.4. The predicted octanol–water partition coefficient (Wildman–Crippen LogP) is 1.54. The van der Waals surface area contributed by atoms with Crippen LogP contribution in [0.1, 0.15) is 37.3 Å². The van der Waals surface area contributed by atoms with E-state index < -0.39 is 5.60 Å². The van der Waals surface area contributed by atoms with E-state index in [1.165, 1.54) is 0 Å². The minimum atomic E-state index is -0.780. The number of nitrogens with zero attached hydrogens (tertiary/aromatic N) is 1. The molecule has 110 valence electrons. The molecular formula is C16H24N2O2. The average molecular weight is 276 g/mol. The van der Waals surface area contributed by atoms with Crippen LogP contribution >= 0.6 is 0 Å². The summed E-state index contributed by atoms with van der Waals surface area (Å²) in [5, 5.41) is 10.9. The van der Waals surface area contributed by atoms with Crippen LogP contribution in [0.15, 0.2) is 24.3 Å². The highest BCUT2D eigenvalue weighted by Gasteiger charge is 2.37. The van der Waals surface area contributed by atoms with Gasteiger partial charge < -0.3 is 10.8 Å². The van der Waals surface area contributed by atoms with Crippen LogP contribution in [-0.4, -0.2) is 35.0 Å². The Bertz CT molecular complexity index is 479. The van der Waals surface area contributed by atoms with Gasteiger partial charge in [0.2, 0.25) is 5.91 Å². The van der Waals surface area contributed by atoms with E-state index in [0.717, 1.165) is 17.5 Å². The number of carbonyl (C=O) groups excluding carboxylic acids is 1. The molecule has 4 heteroatoms. The van der Waals surface area contributed by atoms with Gasteiger partial charge in [-0.2, -0.15) is 0 Å². The lowest BCUT2D eigenvalue weighted by Crippen LogP contribution is -2.51. The van der Waals surface area contributed by atoms with Gasteiger partial charge >= 0.3 is 0 Å². The van der Waals surface area contributed by atoms with Crippen LogP contribution in [0, 0.1) is 6.92 Å². The van der Waals surface area contributed by atoms with E-state index in [1.807, 2.05) is 38.1 Å². The van der Waals surface area contributed by atoms with Crippen molar-refractivity contribution in [2.24, 2.45) is 5.73 Å². The molecule has 0 radical (unpaired) electrons. The van der Waals surface area contributed by atoms with Gasteiger partial charge in [-0.1, -0.05) is 31.2 Å². The zero-order valence-corrected chi connectivity index (χ0v) is 12.3. The first-order valence-corrected chi connectivity index (χ1v) is 7.30. The van der Waals surface area contributed by atoms with Crippen molar-refractivity contribution in [3.8, 4) is 0 Å². The van der Waals surface area contributed by atoms with Gasteiger partial charge in [-0.25, -0.2) is 0 Å². The highest BCUT2D eigenvalue weighted by atomic mass is 16.3. The Morgan fingerprint density at radius 3 is 2.50 bits per heavy atom. The number of carbonyl (C=O) groups is 1. The second-order valence-corrected chi connectivity index (χ2v) is 5.71. The fourth-order valence-electron chi connectivity index (χ4n) is 3.21. The molecule has 1 aliphatic heterocycles. The first-order chi connectivity index (χ1) is 9.48. The Kier molecular flexibility index (Phi) is 4.45. The van der Waals surface area contributed by atoms with Crippen LogP contribution in [0.3, 0.4) is 0 Å². The largest absolute Gasteiger partial charge is 0.385 e. The molecule has 0 aliphatic carbocycles. The number of rotatable bonds is 4. The maximum Gasteiger partial charge on any atom is 0.234 e. The summed E-state index contributed by atoms with van der Waals surface area (Å²) in [4.78, 5) is 13.5. The molecule has 3 N–H and O–H groups in total. The molecule has 0 spiro atoms. The Labute approximate surface area is 120 Å². The molecule has 0 saturated carbocycles. The molecule has 0 aromatic heterocycles. The molecule has 1 aromatic carbocycles. The molecule has 1 atom stereocenters. The lowest BCUT2D eigenvalue weighted by molar-refractivity contribution is -0.125. The topological polar surface area (TPSA) is 66.6 Å². The highest BCUT2D eigenvalue weighted by molar-refractivity contribution is 5.79. The molecule has 2 rings (SSSR count). The monoisotopic (exact) mass is 276 g/mol.